The van der Waals surface area contributed by atoms with Crippen LogP contribution in [0.5, 0.6) is 0 Å². The topological polar surface area (TPSA) is 26.5 Å². The van der Waals surface area contributed by atoms with Crippen LogP contribution >= 0.6 is 15.9 Å². The van der Waals surface area contributed by atoms with Crippen molar-refractivity contribution in [1.82, 2.24) is 9.38 Å². The van der Waals surface area contributed by atoms with Gasteiger partial charge in [0, 0.05) is 13.3 Å². The van der Waals surface area contributed by atoms with Gasteiger partial charge in [0.1, 0.15) is 0 Å². The zero-order valence-electron chi connectivity index (χ0n) is 8.12. The van der Waals surface area contributed by atoms with Gasteiger partial charge in [0.2, 0.25) is 0 Å². The minimum Gasteiger partial charge on any atom is -0.378 e. The Labute approximate surface area is 90.8 Å². The van der Waals surface area contributed by atoms with Crippen molar-refractivity contribution in [2.75, 3.05) is 7.11 Å². The Bertz CT molecular complexity index is 464. The predicted octanol–water partition coefficient (Wildman–Crippen LogP) is 2.55. The Kier molecular flexibility index (Phi) is 2.56. The van der Waals surface area contributed by atoms with E-state index in [0.717, 1.165) is 21.5 Å². The summed E-state index contributed by atoms with van der Waals surface area (Å²) in [5.41, 5.74) is 3.06. The van der Waals surface area contributed by atoms with E-state index in [0.29, 0.717) is 6.61 Å². The van der Waals surface area contributed by atoms with Gasteiger partial charge < -0.3 is 9.14 Å². The molecule has 74 valence electrons. The Morgan fingerprint density at radius 2 is 2.36 bits per heavy atom. The van der Waals surface area contributed by atoms with Crippen LogP contribution in [0.3, 0.4) is 0 Å². The normalized spacial score (nSPS) is 11.1. The number of hydrogen-bond acceptors (Lipinski definition) is 2. The molecule has 0 saturated heterocycles. The number of methoxy groups -OCH3 is 1. The maximum Gasteiger partial charge on any atom is 0.151 e. The molecule has 14 heavy (non-hydrogen) atoms. The zero-order valence-corrected chi connectivity index (χ0v) is 9.71. The van der Waals surface area contributed by atoms with Crippen molar-refractivity contribution in [3.05, 3.63) is 34.2 Å². The molecular weight excluding hydrogens is 244 g/mol. The molecule has 0 aliphatic heterocycles. The molecule has 3 nitrogen and oxygen atoms in total. The second-order valence-electron chi connectivity index (χ2n) is 3.13. The first-order valence-electron chi connectivity index (χ1n) is 4.35. The summed E-state index contributed by atoms with van der Waals surface area (Å²) in [6, 6.07) is 3.97. The molecule has 0 saturated carbocycles. The summed E-state index contributed by atoms with van der Waals surface area (Å²) in [6.07, 6.45) is 1.99. The fraction of sp³-hybridized carbons (Fsp3) is 0.300. The van der Waals surface area contributed by atoms with Crippen LogP contribution in [0.4, 0.5) is 0 Å². The molecule has 0 aliphatic rings. The summed E-state index contributed by atoms with van der Waals surface area (Å²) in [6.45, 7) is 2.58. The van der Waals surface area contributed by atoms with Crippen molar-refractivity contribution in [1.29, 1.82) is 0 Å². The smallest absolute Gasteiger partial charge is 0.151 e. The van der Waals surface area contributed by atoms with E-state index in [2.05, 4.69) is 20.9 Å². The van der Waals surface area contributed by atoms with Gasteiger partial charge >= 0.3 is 0 Å². The van der Waals surface area contributed by atoms with Crippen molar-refractivity contribution in [2.24, 2.45) is 0 Å². The SMILES string of the molecule is COCc1c(C)nc2c(Br)cccn12. The molecule has 2 aromatic rings. The molecule has 0 bridgehead atoms. The van der Waals surface area contributed by atoms with Crippen molar-refractivity contribution in [3.63, 3.8) is 0 Å². The average Bonchev–Trinajstić information content (AvgIpc) is 2.47. The standard InChI is InChI=1S/C10H11BrN2O/c1-7-9(6-14-2)13-5-3-4-8(11)10(13)12-7/h3-5H,6H2,1-2H3. The molecule has 0 N–H and O–H groups in total. The number of ether oxygens (including phenoxy) is 1. The van der Waals surface area contributed by atoms with Gasteiger partial charge in [-0.2, -0.15) is 0 Å². The Morgan fingerprint density at radius 1 is 1.57 bits per heavy atom. The molecule has 0 radical (unpaired) electrons. The largest absolute Gasteiger partial charge is 0.378 e. The Hall–Kier alpha value is -0.870. The molecule has 0 aliphatic carbocycles. The third kappa shape index (κ3) is 1.44. The predicted molar refractivity (Wildman–Crippen MR) is 58.3 cm³/mol. The lowest BCUT2D eigenvalue weighted by atomic mass is 10.3. The molecule has 4 heteroatoms. The highest BCUT2D eigenvalue weighted by Crippen LogP contribution is 2.20. The van der Waals surface area contributed by atoms with E-state index in [1.165, 1.54) is 0 Å². The first-order valence-corrected chi connectivity index (χ1v) is 5.14. The molecule has 0 fully saturated rings. The van der Waals surface area contributed by atoms with Crippen molar-refractivity contribution in [3.8, 4) is 0 Å². The van der Waals surface area contributed by atoms with E-state index in [4.69, 9.17) is 4.74 Å². The molecular formula is C10H11BrN2O. The third-order valence-corrected chi connectivity index (χ3v) is 2.80. The van der Waals surface area contributed by atoms with Gasteiger partial charge in [-0.3, -0.25) is 0 Å². The quantitative estimate of drug-likeness (QED) is 0.824. The van der Waals surface area contributed by atoms with Gasteiger partial charge in [-0.15, -0.1) is 0 Å². The maximum absolute atomic E-state index is 5.14. The number of aromatic nitrogens is 2. The van der Waals surface area contributed by atoms with Crippen molar-refractivity contribution >= 4 is 21.6 Å². The van der Waals surface area contributed by atoms with E-state index >= 15 is 0 Å². The first-order chi connectivity index (χ1) is 6.74. The van der Waals surface area contributed by atoms with Crippen LogP contribution in [0.15, 0.2) is 22.8 Å². The number of hydrogen-bond donors (Lipinski definition) is 0. The van der Waals surface area contributed by atoms with Crippen LogP contribution in [0, 0.1) is 6.92 Å². The van der Waals surface area contributed by atoms with Crippen LogP contribution in [0.2, 0.25) is 0 Å². The number of aryl methyl sites for hydroxylation is 1. The zero-order chi connectivity index (χ0) is 10.1. The van der Waals surface area contributed by atoms with E-state index in [9.17, 15) is 0 Å². The Morgan fingerprint density at radius 3 is 3.07 bits per heavy atom. The fourth-order valence-corrected chi connectivity index (χ4v) is 1.94. The third-order valence-electron chi connectivity index (χ3n) is 2.18. The number of imidazole rings is 1. The summed E-state index contributed by atoms with van der Waals surface area (Å²) >= 11 is 3.47. The lowest BCUT2D eigenvalue weighted by Crippen LogP contribution is -1.95. The summed E-state index contributed by atoms with van der Waals surface area (Å²) in [5.74, 6) is 0. The molecule has 0 amide bonds. The van der Waals surface area contributed by atoms with E-state index in [1.54, 1.807) is 7.11 Å². The molecule has 0 atom stereocenters. The number of fused-ring (bicyclic) bond motifs is 1. The van der Waals surface area contributed by atoms with Crippen LogP contribution in [0.1, 0.15) is 11.4 Å². The van der Waals surface area contributed by atoms with Gasteiger partial charge in [-0.1, -0.05) is 0 Å². The van der Waals surface area contributed by atoms with Gasteiger partial charge in [0.15, 0.2) is 5.65 Å². The average molecular weight is 255 g/mol. The fourth-order valence-electron chi connectivity index (χ4n) is 1.51. The summed E-state index contributed by atoms with van der Waals surface area (Å²) < 4.78 is 8.19. The highest BCUT2D eigenvalue weighted by atomic mass is 79.9. The van der Waals surface area contributed by atoms with Crippen LogP contribution in [0.25, 0.3) is 5.65 Å². The van der Waals surface area contributed by atoms with Crippen molar-refractivity contribution in [2.45, 2.75) is 13.5 Å². The van der Waals surface area contributed by atoms with Gasteiger partial charge in [0.05, 0.1) is 22.5 Å². The van der Waals surface area contributed by atoms with Gasteiger partial charge in [-0.05, 0) is 35.0 Å². The lowest BCUT2D eigenvalue weighted by molar-refractivity contribution is 0.180. The van der Waals surface area contributed by atoms with E-state index in [1.807, 2.05) is 29.7 Å². The number of nitrogens with zero attached hydrogens (tertiary/aromatic N) is 2. The minimum absolute atomic E-state index is 0.587. The van der Waals surface area contributed by atoms with Crippen LogP contribution < -0.4 is 0 Å². The van der Waals surface area contributed by atoms with Crippen LogP contribution in [-0.2, 0) is 11.3 Å². The molecule has 0 spiro atoms. The monoisotopic (exact) mass is 254 g/mol. The number of rotatable bonds is 2. The molecule has 2 rings (SSSR count). The van der Waals surface area contributed by atoms with Crippen molar-refractivity contribution < 1.29 is 4.74 Å². The number of halogens is 1. The summed E-state index contributed by atoms with van der Waals surface area (Å²) in [7, 11) is 1.69. The highest BCUT2D eigenvalue weighted by molar-refractivity contribution is 9.10. The molecule has 2 heterocycles. The maximum atomic E-state index is 5.14. The van der Waals surface area contributed by atoms with E-state index in [-0.39, 0.29) is 0 Å². The molecule has 0 aromatic carbocycles. The van der Waals surface area contributed by atoms with Crippen LogP contribution in [-0.4, -0.2) is 16.5 Å². The molecule has 2 aromatic heterocycles. The minimum atomic E-state index is 0.587. The summed E-state index contributed by atoms with van der Waals surface area (Å²) in [4.78, 5) is 4.47. The second kappa shape index (κ2) is 3.71. The second-order valence-corrected chi connectivity index (χ2v) is 3.98. The van der Waals surface area contributed by atoms with Gasteiger partial charge in [0.25, 0.3) is 0 Å². The lowest BCUT2D eigenvalue weighted by Gasteiger charge is -2.01. The summed E-state index contributed by atoms with van der Waals surface area (Å²) in [5, 5.41) is 0. The highest BCUT2D eigenvalue weighted by Gasteiger charge is 2.09. The van der Waals surface area contributed by atoms with E-state index < -0.39 is 0 Å². The Balaban J connectivity index is 2.70. The first kappa shape index (κ1) is 9.68. The molecule has 0 unspecified atom stereocenters. The number of pyridine rings is 1. The van der Waals surface area contributed by atoms with Gasteiger partial charge in [-0.25, -0.2) is 4.98 Å².